The van der Waals surface area contributed by atoms with Crippen molar-refractivity contribution in [3.8, 4) is 16.9 Å². The van der Waals surface area contributed by atoms with E-state index in [4.69, 9.17) is 9.47 Å². The van der Waals surface area contributed by atoms with Crippen molar-refractivity contribution >= 4 is 22.1 Å². The van der Waals surface area contributed by atoms with Gasteiger partial charge in [0, 0.05) is 20.1 Å². The maximum atomic E-state index is 12.9. The van der Waals surface area contributed by atoms with Crippen molar-refractivity contribution < 1.29 is 32.6 Å². The van der Waals surface area contributed by atoms with Crippen LogP contribution in [0.4, 0.5) is 4.79 Å². The first kappa shape index (κ1) is 31.4. The highest BCUT2D eigenvalue weighted by Gasteiger charge is 2.46. The third kappa shape index (κ3) is 7.34. The number of aryl methyl sites for hydroxylation is 1. The fourth-order valence-electron chi connectivity index (χ4n) is 4.61. The molecule has 10 heteroatoms. The molecular weight excluding hydrogens is 532 g/mol. The lowest BCUT2D eigenvalue weighted by Crippen LogP contribution is -2.51. The number of carboxylic acid groups (broad SMARTS) is 1. The summed E-state index contributed by atoms with van der Waals surface area (Å²) in [6, 6.07) is 14.1. The molecule has 0 atom stereocenters. The Morgan fingerprint density at radius 2 is 1.70 bits per heavy atom. The Balaban J connectivity index is 1.62. The number of aliphatic carboxylic acids is 1. The van der Waals surface area contributed by atoms with Crippen molar-refractivity contribution in [1.29, 1.82) is 0 Å². The quantitative estimate of drug-likeness (QED) is 0.433. The number of carbonyl (C=O) groups is 2. The number of hydrogen-bond acceptors (Lipinski definition) is 6. The van der Waals surface area contributed by atoms with Crippen LogP contribution >= 0.6 is 0 Å². The third-order valence-electron chi connectivity index (χ3n) is 7.22. The summed E-state index contributed by atoms with van der Waals surface area (Å²) in [6.45, 7) is 11.3. The zero-order chi connectivity index (χ0) is 29.9. The Morgan fingerprint density at radius 1 is 1.05 bits per heavy atom. The molecule has 220 valence electrons. The SMILES string of the molecule is Cc1cc(C2CCN(S(=O)(=O)C(C)(C)C(=O)O)CC2)ccc1-c1cccc(OCCN(C)C(=O)OC(C)(C)C)c1. The van der Waals surface area contributed by atoms with Gasteiger partial charge in [0.15, 0.2) is 4.75 Å². The van der Waals surface area contributed by atoms with E-state index in [9.17, 15) is 23.1 Å². The molecule has 1 N–H and O–H groups in total. The Morgan fingerprint density at radius 3 is 2.27 bits per heavy atom. The van der Waals surface area contributed by atoms with E-state index in [2.05, 4.69) is 25.1 Å². The maximum absolute atomic E-state index is 12.9. The van der Waals surface area contributed by atoms with Crippen molar-refractivity contribution in [2.45, 2.75) is 70.7 Å². The minimum Gasteiger partial charge on any atom is -0.492 e. The van der Waals surface area contributed by atoms with Gasteiger partial charge in [-0.25, -0.2) is 17.5 Å². The molecule has 1 amide bonds. The highest BCUT2D eigenvalue weighted by atomic mass is 32.2. The van der Waals surface area contributed by atoms with Gasteiger partial charge < -0.3 is 19.5 Å². The number of amides is 1. The second kappa shape index (κ2) is 12.2. The summed E-state index contributed by atoms with van der Waals surface area (Å²) in [5, 5.41) is 9.39. The number of carboxylic acids is 1. The average molecular weight is 575 g/mol. The fourth-order valence-corrected chi connectivity index (χ4v) is 6.17. The van der Waals surface area contributed by atoms with Crippen molar-refractivity contribution in [3.05, 3.63) is 53.6 Å². The molecular formula is C30H42N2O7S. The predicted octanol–water partition coefficient (Wildman–Crippen LogP) is 5.28. The average Bonchev–Trinajstić information content (AvgIpc) is 2.87. The van der Waals surface area contributed by atoms with Crippen LogP contribution in [-0.2, 0) is 19.6 Å². The largest absolute Gasteiger partial charge is 0.492 e. The number of carbonyl (C=O) groups excluding carboxylic acids is 1. The Kier molecular flexibility index (Phi) is 9.57. The number of hydrogen-bond donors (Lipinski definition) is 1. The minimum absolute atomic E-state index is 0.198. The van der Waals surface area contributed by atoms with E-state index >= 15 is 0 Å². The second-order valence-corrected chi connectivity index (χ2v) is 14.3. The van der Waals surface area contributed by atoms with Gasteiger partial charge in [0.2, 0.25) is 10.0 Å². The monoisotopic (exact) mass is 574 g/mol. The standard InChI is InChI=1S/C30H42N2O7S/c1-21-19-23(22-13-15-32(16-14-22)40(36,37)30(5,6)27(33)34)11-12-26(21)24-9-8-10-25(20-24)38-18-17-31(7)28(35)39-29(2,3)4/h8-12,19-20,22H,13-18H2,1-7H3,(H,33,34). The van der Waals surface area contributed by atoms with E-state index in [0.29, 0.717) is 44.8 Å². The molecule has 3 rings (SSSR count). The number of ether oxygens (including phenoxy) is 2. The summed E-state index contributed by atoms with van der Waals surface area (Å²) >= 11 is 0. The van der Waals surface area contributed by atoms with Crippen LogP contribution in [0.1, 0.15) is 64.5 Å². The van der Waals surface area contributed by atoms with Crippen LogP contribution in [0.15, 0.2) is 42.5 Å². The fraction of sp³-hybridized carbons (Fsp3) is 0.533. The molecule has 1 aliphatic rings. The van der Waals surface area contributed by atoms with Gasteiger partial charge in [-0.3, -0.25) is 4.79 Å². The van der Waals surface area contributed by atoms with Crippen LogP contribution in [0.25, 0.3) is 11.1 Å². The van der Waals surface area contributed by atoms with E-state index in [0.717, 1.165) is 22.3 Å². The lowest BCUT2D eigenvalue weighted by Gasteiger charge is -2.35. The Hall–Kier alpha value is -3.11. The number of sulfonamides is 1. The zero-order valence-electron chi connectivity index (χ0n) is 24.6. The highest BCUT2D eigenvalue weighted by Crippen LogP contribution is 2.35. The Labute approximate surface area is 238 Å². The van der Waals surface area contributed by atoms with Crippen molar-refractivity contribution in [3.63, 3.8) is 0 Å². The number of piperidine rings is 1. The van der Waals surface area contributed by atoms with E-state index in [-0.39, 0.29) is 5.92 Å². The molecule has 2 aromatic rings. The van der Waals surface area contributed by atoms with Crippen LogP contribution in [0.2, 0.25) is 0 Å². The molecule has 0 aliphatic carbocycles. The van der Waals surface area contributed by atoms with Crippen molar-refractivity contribution in [1.82, 2.24) is 9.21 Å². The minimum atomic E-state index is -3.95. The van der Waals surface area contributed by atoms with Gasteiger partial charge >= 0.3 is 12.1 Å². The van der Waals surface area contributed by atoms with Crippen LogP contribution in [0.5, 0.6) is 5.75 Å². The molecule has 0 spiro atoms. The number of benzene rings is 2. The third-order valence-corrected chi connectivity index (χ3v) is 9.73. The number of rotatable bonds is 9. The first-order valence-electron chi connectivity index (χ1n) is 13.5. The molecule has 40 heavy (non-hydrogen) atoms. The second-order valence-electron chi connectivity index (χ2n) is 11.8. The number of nitrogens with zero attached hydrogens (tertiary/aromatic N) is 2. The summed E-state index contributed by atoms with van der Waals surface area (Å²) in [5.41, 5.74) is 3.78. The molecule has 1 saturated heterocycles. The summed E-state index contributed by atoms with van der Waals surface area (Å²) in [5.74, 6) is -0.441. The smallest absolute Gasteiger partial charge is 0.410 e. The zero-order valence-corrected chi connectivity index (χ0v) is 25.4. The van der Waals surface area contributed by atoms with E-state index in [1.165, 1.54) is 23.1 Å². The first-order valence-corrected chi connectivity index (χ1v) is 15.0. The molecule has 0 saturated carbocycles. The van der Waals surface area contributed by atoms with Gasteiger partial charge in [0.25, 0.3) is 0 Å². The lowest BCUT2D eigenvalue weighted by atomic mass is 9.87. The first-order chi connectivity index (χ1) is 18.5. The molecule has 2 aromatic carbocycles. The van der Waals surface area contributed by atoms with Crippen LogP contribution in [0.3, 0.4) is 0 Å². The summed E-state index contributed by atoms with van der Waals surface area (Å²) < 4.78 is 36.5. The molecule has 0 bridgehead atoms. The summed E-state index contributed by atoms with van der Waals surface area (Å²) in [6.07, 6.45) is 0.876. The topological polar surface area (TPSA) is 113 Å². The van der Waals surface area contributed by atoms with Gasteiger partial charge in [-0.05, 0) is 94.7 Å². The van der Waals surface area contributed by atoms with Crippen molar-refractivity contribution in [2.75, 3.05) is 33.3 Å². The molecule has 1 aliphatic heterocycles. The number of likely N-dealkylation sites (N-methyl/N-ethyl adjacent to an activating group) is 1. The van der Waals surface area contributed by atoms with Gasteiger partial charge in [0.1, 0.15) is 18.0 Å². The molecule has 0 aromatic heterocycles. The van der Waals surface area contributed by atoms with Crippen LogP contribution in [0, 0.1) is 6.92 Å². The van der Waals surface area contributed by atoms with Crippen molar-refractivity contribution in [2.24, 2.45) is 0 Å². The lowest BCUT2D eigenvalue weighted by molar-refractivity contribution is -0.139. The van der Waals surface area contributed by atoms with Crippen LogP contribution < -0.4 is 4.74 Å². The van der Waals surface area contributed by atoms with Gasteiger partial charge in [0.05, 0.1) is 6.54 Å². The van der Waals surface area contributed by atoms with Gasteiger partial charge in [-0.1, -0.05) is 30.3 Å². The van der Waals surface area contributed by atoms with Gasteiger partial charge in [-0.15, -0.1) is 0 Å². The summed E-state index contributed by atoms with van der Waals surface area (Å²) in [7, 11) is -2.27. The highest BCUT2D eigenvalue weighted by molar-refractivity contribution is 7.91. The molecule has 0 radical (unpaired) electrons. The van der Waals surface area contributed by atoms with E-state index in [1.54, 1.807) is 7.05 Å². The molecule has 9 nitrogen and oxygen atoms in total. The van der Waals surface area contributed by atoms with E-state index in [1.807, 2.05) is 45.0 Å². The van der Waals surface area contributed by atoms with Gasteiger partial charge in [-0.2, -0.15) is 0 Å². The Bertz CT molecular complexity index is 1320. The predicted molar refractivity (Wildman–Crippen MR) is 155 cm³/mol. The molecule has 1 heterocycles. The summed E-state index contributed by atoms with van der Waals surface area (Å²) in [4.78, 5) is 25.1. The van der Waals surface area contributed by atoms with E-state index < -0.39 is 32.4 Å². The van der Waals surface area contributed by atoms with Crippen LogP contribution in [-0.4, -0.2) is 78.4 Å². The maximum Gasteiger partial charge on any atom is 0.410 e. The molecule has 0 unspecified atom stereocenters. The molecule has 1 fully saturated rings. The normalized spacial score (nSPS) is 15.5.